The molecule has 0 bridgehead atoms. The zero-order valence-electron chi connectivity index (χ0n) is 13.2. The van der Waals surface area contributed by atoms with Crippen molar-refractivity contribution in [3.05, 3.63) is 53.9 Å². The van der Waals surface area contributed by atoms with Crippen molar-refractivity contribution >= 4 is 33.9 Å². The number of halogens is 1. The first-order valence-corrected chi connectivity index (χ1v) is 8.27. The third kappa shape index (κ3) is 3.51. The molecule has 1 saturated heterocycles. The van der Waals surface area contributed by atoms with E-state index in [9.17, 15) is 5.11 Å². The molecule has 0 radical (unpaired) electrons. The zero-order valence-corrected chi connectivity index (χ0v) is 14.0. The Morgan fingerprint density at radius 3 is 2.84 bits per heavy atom. The lowest BCUT2D eigenvalue weighted by Crippen LogP contribution is -2.29. The van der Waals surface area contributed by atoms with E-state index in [1.54, 1.807) is 18.5 Å². The Morgan fingerprint density at radius 2 is 2.08 bits per heavy atom. The number of nitrogens with zero attached hydrogens (tertiary/aromatic N) is 2. The molecule has 0 unspecified atom stereocenters. The van der Waals surface area contributed by atoms with E-state index in [0.717, 1.165) is 22.3 Å². The van der Waals surface area contributed by atoms with Gasteiger partial charge in [-0.2, -0.15) is 0 Å². The van der Waals surface area contributed by atoms with E-state index in [1.807, 2.05) is 30.3 Å². The number of aliphatic hydroxyl groups is 1. The lowest BCUT2D eigenvalue weighted by molar-refractivity contribution is 0.0734. The number of rotatable bonds is 4. The second-order valence-electron chi connectivity index (χ2n) is 5.80. The average Bonchev–Trinajstić information content (AvgIpc) is 3.02. The zero-order chi connectivity index (χ0) is 17.2. The number of ether oxygens (including phenoxy) is 2. The van der Waals surface area contributed by atoms with Crippen LogP contribution < -0.4 is 10.1 Å². The highest BCUT2D eigenvalue weighted by Gasteiger charge is 2.28. The van der Waals surface area contributed by atoms with E-state index in [1.165, 1.54) is 0 Å². The van der Waals surface area contributed by atoms with Crippen molar-refractivity contribution in [1.82, 2.24) is 9.97 Å². The minimum absolute atomic E-state index is 0.311. The number of fused-ring (bicyclic) bond motifs is 1. The van der Waals surface area contributed by atoms with Crippen molar-refractivity contribution in [3.8, 4) is 5.75 Å². The van der Waals surface area contributed by atoms with Gasteiger partial charge in [0.1, 0.15) is 28.9 Å². The summed E-state index contributed by atoms with van der Waals surface area (Å²) in [6, 6.07) is 11.2. The molecule has 2 atom stereocenters. The highest BCUT2D eigenvalue weighted by Crippen LogP contribution is 2.28. The Hall–Kier alpha value is -2.41. The molecule has 128 valence electrons. The first-order valence-electron chi connectivity index (χ1n) is 7.89. The molecule has 2 aromatic heterocycles. The fourth-order valence-electron chi connectivity index (χ4n) is 2.73. The maximum atomic E-state index is 9.81. The van der Waals surface area contributed by atoms with Gasteiger partial charge in [0.15, 0.2) is 0 Å². The molecule has 0 saturated carbocycles. The molecule has 1 fully saturated rings. The Kier molecular flexibility index (Phi) is 4.40. The fraction of sp³-hybridized carbons (Fsp3) is 0.222. The SMILES string of the molecule is O[C@@H]1COC[C@@H]1Oc1ccc2c(Nc3ccc(Cl)nc3)nccc2c1. The molecule has 1 aliphatic heterocycles. The Balaban J connectivity index is 1.60. The van der Waals surface area contributed by atoms with Crippen LogP contribution in [0, 0.1) is 0 Å². The van der Waals surface area contributed by atoms with Gasteiger partial charge in [0.2, 0.25) is 0 Å². The van der Waals surface area contributed by atoms with E-state index in [2.05, 4.69) is 15.3 Å². The number of benzene rings is 1. The molecule has 1 aromatic carbocycles. The third-order valence-electron chi connectivity index (χ3n) is 4.01. The predicted octanol–water partition coefficient (Wildman–Crippen LogP) is 3.17. The first-order chi connectivity index (χ1) is 12.2. The van der Waals surface area contributed by atoms with Gasteiger partial charge in [0, 0.05) is 11.6 Å². The summed E-state index contributed by atoms with van der Waals surface area (Å²) >= 11 is 5.81. The van der Waals surface area contributed by atoms with Crippen LogP contribution in [0.15, 0.2) is 48.8 Å². The summed E-state index contributed by atoms with van der Waals surface area (Å²) in [5, 5.41) is 15.4. The Morgan fingerprint density at radius 1 is 1.16 bits per heavy atom. The summed E-state index contributed by atoms with van der Waals surface area (Å²) in [6.07, 6.45) is 2.45. The largest absolute Gasteiger partial charge is 0.485 e. The quantitative estimate of drug-likeness (QED) is 0.698. The molecule has 7 heteroatoms. The number of aromatic nitrogens is 2. The van der Waals surface area contributed by atoms with Gasteiger partial charge in [-0.05, 0) is 41.8 Å². The number of aliphatic hydroxyl groups excluding tert-OH is 1. The Labute approximate surface area is 149 Å². The van der Waals surface area contributed by atoms with Crippen LogP contribution >= 0.6 is 11.6 Å². The van der Waals surface area contributed by atoms with Crippen LogP contribution in [-0.2, 0) is 4.74 Å². The molecule has 6 nitrogen and oxygen atoms in total. The molecule has 0 spiro atoms. The number of anilines is 2. The van der Waals surface area contributed by atoms with Crippen molar-refractivity contribution in [1.29, 1.82) is 0 Å². The lowest BCUT2D eigenvalue weighted by atomic mass is 10.1. The van der Waals surface area contributed by atoms with E-state index >= 15 is 0 Å². The minimum Gasteiger partial charge on any atom is -0.485 e. The van der Waals surface area contributed by atoms with Crippen LogP contribution in [0.3, 0.4) is 0 Å². The molecule has 3 aromatic rings. The van der Waals surface area contributed by atoms with Gasteiger partial charge in [0.25, 0.3) is 0 Å². The van der Waals surface area contributed by atoms with Gasteiger partial charge in [0.05, 0.1) is 25.1 Å². The normalized spacial score (nSPS) is 19.9. The molecular weight excluding hydrogens is 342 g/mol. The van der Waals surface area contributed by atoms with Gasteiger partial charge in [-0.25, -0.2) is 9.97 Å². The van der Waals surface area contributed by atoms with Gasteiger partial charge in [-0.15, -0.1) is 0 Å². The summed E-state index contributed by atoms with van der Waals surface area (Å²) in [6.45, 7) is 0.706. The summed E-state index contributed by atoms with van der Waals surface area (Å²) < 4.78 is 11.0. The molecule has 4 rings (SSSR count). The lowest BCUT2D eigenvalue weighted by Gasteiger charge is -2.16. The maximum Gasteiger partial charge on any atom is 0.150 e. The van der Waals surface area contributed by atoms with Gasteiger partial charge in [-0.3, -0.25) is 0 Å². The van der Waals surface area contributed by atoms with Crippen LogP contribution in [0.5, 0.6) is 5.75 Å². The molecule has 0 amide bonds. The highest BCUT2D eigenvalue weighted by molar-refractivity contribution is 6.29. The van der Waals surface area contributed by atoms with Gasteiger partial charge in [-0.1, -0.05) is 11.6 Å². The first kappa shape index (κ1) is 16.1. The van der Waals surface area contributed by atoms with Crippen LogP contribution in [0.1, 0.15) is 0 Å². The average molecular weight is 358 g/mol. The fourth-order valence-corrected chi connectivity index (χ4v) is 2.84. The van der Waals surface area contributed by atoms with Crippen LogP contribution in [0.4, 0.5) is 11.5 Å². The van der Waals surface area contributed by atoms with Gasteiger partial charge < -0.3 is 19.9 Å². The van der Waals surface area contributed by atoms with Crippen molar-refractivity contribution < 1.29 is 14.6 Å². The maximum absolute atomic E-state index is 9.81. The van der Waals surface area contributed by atoms with Crippen LogP contribution in [0.2, 0.25) is 5.15 Å². The number of pyridine rings is 2. The Bertz CT molecular complexity index is 888. The molecule has 0 aliphatic carbocycles. The smallest absolute Gasteiger partial charge is 0.150 e. The van der Waals surface area contributed by atoms with Crippen molar-refractivity contribution in [2.45, 2.75) is 12.2 Å². The second kappa shape index (κ2) is 6.84. The molecule has 1 aliphatic rings. The van der Waals surface area contributed by atoms with E-state index < -0.39 is 6.10 Å². The second-order valence-corrected chi connectivity index (χ2v) is 6.19. The minimum atomic E-state index is -0.595. The summed E-state index contributed by atoms with van der Waals surface area (Å²) in [4.78, 5) is 8.45. The van der Waals surface area contributed by atoms with Crippen molar-refractivity contribution in [2.75, 3.05) is 18.5 Å². The predicted molar refractivity (Wildman–Crippen MR) is 95.5 cm³/mol. The van der Waals surface area contributed by atoms with Crippen LogP contribution in [0.25, 0.3) is 10.8 Å². The highest BCUT2D eigenvalue weighted by atomic mass is 35.5. The van der Waals surface area contributed by atoms with Crippen molar-refractivity contribution in [2.24, 2.45) is 0 Å². The van der Waals surface area contributed by atoms with Gasteiger partial charge >= 0.3 is 0 Å². The number of nitrogens with one attached hydrogen (secondary N) is 1. The van der Waals surface area contributed by atoms with Crippen LogP contribution in [-0.4, -0.2) is 40.5 Å². The molecule has 25 heavy (non-hydrogen) atoms. The molecule has 3 heterocycles. The monoisotopic (exact) mass is 357 g/mol. The van der Waals surface area contributed by atoms with E-state index in [4.69, 9.17) is 21.1 Å². The summed E-state index contributed by atoms with van der Waals surface area (Å²) in [5.41, 5.74) is 0.802. The number of hydrogen-bond acceptors (Lipinski definition) is 6. The molecule has 2 N–H and O–H groups in total. The third-order valence-corrected chi connectivity index (χ3v) is 4.24. The summed E-state index contributed by atoms with van der Waals surface area (Å²) in [7, 11) is 0. The van der Waals surface area contributed by atoms with E-state index in [0.29, 0.717) is 24.1 Å². The topological polar surface area (TPSA) is 76.5 Å². The standard InChI is InChI=1S/C18H16ClN3O3/c19-17-4-1-12(8-21-17)22-18-14-3-2-13(7-11(14)5-6-20-18)25-16-10-24-9-15(16)23/h1-8,15-16,23H,9-10H2,(H,20,22)/t15-,16+/m1/s1. The molecular formula is C18H16ClN3O3. The van der Waals surface area contributed by atoms with E-state index in [-0.39, 0.29) is 6.10 Å². The number of hydrogen-bond donors (Lipinski definition) is 2. The van der Waals surface area contributed by atoms with Crippen molar-refractivity contribution in [3.63, 3.8) is 0 Å². The summed E-state index contributed by atoms with van der Waals surface area (Å²) in [5.74, 6) is 1.41.